The molecule has 0 fully saturated rings. The highest BCUT2D eigenvalue weighted by Crippen LogP contribution is 2.06. The topological polar surface area (TPSA) is 80.4 Å². The summed E-state index contributed by atoms with van der Waals surface area (Å²) in [4.78, 5) is 10.5. The molecule has 1 N–H and O–H groups in total. The van der Waals surface area contributed by atoms with E-state index in [0.29, 0.717) is 17.9 Å². The molecule has 2 aromatic heterocycles. The molecule has 0 saturated carbocycles. The van der Waals surface area contributed by atoms with Gasteiger partial charge in [0.1, 0.15) is 0 Å². The van der Waals surface area contributed by atoms with E-state index in [1.165, 1.54) is 0 Å². The molecule has 0 radical (unpaired) electrons. The Bertz CT molecular complexity index is 535. The first-order valence-electron chi connectivity index (χ1n) is 5.62. The smallest absolute Gasteiger partial charge is 0.303 e. The molecule has 0 aliphatic heterocycles. The van der Waals surface area contributed by atoms with Crippen LogP contribution < -0.4 is 0 Å². The molecule has 90 valence electrons. The standard InChI is InChI=1S/C11H14N4O2/c1-2-3-8-4-5-9-12-13-10(15(9)14-8)6-7-11(16)17/h4-5H,2-3,6-7H2,1H3,(H,16,17). The van der Waals surface area contributed by atoms with Crippen LogP contribution in [0.15, 0.2) is 12.1 Å². The maximum atomic E-state index is 10.5. The van der Waals surface area contributed by atoms with Gasteiger partial charge < -0.3 is 5.11 Å². The lowest BCUT2D eigenvalue weighted by Crippen LogP contribution is -2.05. The number of aliphatic carboxylic acids is 1. The summed E-state index contributed by atoms with van der Waals surface area (Å²) < 4.78 is 1.63. The second-order valence-electron chi connectivity index (χ2n) is 3.85. The van der Waals surface area contributed by atoms with E-state index in [9.17, 15) is 4.79 Å². The number of fused-ring (bicyclic) bond motifs is 1. The van der Waals surface area contributed by atoms with E-state index in [2.05, 4.69) is 22.2 Å². The highest BCUT2D eigenvalue weighted by atomic mass is 16.4. The average molecular weight is 234 g/mol. The minimum absolute atomic E-state index is 0.0421. The Labute approximate surface area is 98.3 Å². The zero-order valence-corrected chi connectivity index (χ0v) is 9.63. The Hall–Kier alpha value is -1.98. The maximum Gasteiger partial charge on any atom is 0.303 e. The molecule has 0 bridgehead atoms. The minimum Gasteiger partial charge on any atom is -0.481 e. The second-order valence-corrected chi connectivity index (χ2v) is 3.85. The van der Waals surface area contributed by atoms with Gasteiger partial charge >= 0.3 is 5.97 Å². The van der Waals surface area contributed by atoms with Gasteiger partial charge in [-0.1, -0.05) is 13.3 Å². The van der Waals surface area contributed by atoms with Gasteiger partial charge in [0, 0.05) is 6.42 Å². The van der Waals surface area contributed by atoms with Crippen molar-refractivity contribution < 1.29 is 9.90 Å². The van der Waals surface area contributed by atoms with Crippen molar-refractivity contribution in [2.75, 3.05) is 0 Å². The van der Waals surface area contributed by atoms with Crippen molar-refractivity contribution in [2.45, 2.75) is 32.6 Å². The van der Waals surface area contributed by atoms with Gasteiger partial charge in [-0.15, -0.1) is 10.2 Å². The molecule has 0 aromatic carbocycles. The SMILES string of the molecule is CCCc1ccc2nnc(CCC(=O)O)n2n1. The maximum absolute atomic E-state index is 10.5. The first kappa shape index (κ1) is 11.5. The number of carboxylic acids is 1. The molecule has 17 heavy (non-hydrogen) atoms. The average Bonchev–Trinajstić information content (AvgIpc) is 2.69. The Morgan fingerprint density at radius 3 is 2.88 bits per heavy atom. The van der Waals surface area contributed by atoms with Gasteiger partial charge in [0.15, 0.2) is 11.5 Å². The predicted molar refractivity (Wildman–Crippen MR) is 60.7 cm³/mol. The number of nitrogens with zero attached hydrogens (tertiary/aromatic N) is 4. The molecule has 2 heterocycles. The predicted octanol–water partition coefficient (Wildman–Crippen LogP) is 1.09. The molecule has 0 unspecified atom stereocenters. The monoisotopic (exact) mass is 234 g/mol. The summed E-state index contributed by atoms with van der Waals surface area (Å²) in [5.41, 5.74) is 1.63. The third-order valence-corrected chi connectivity index (χ3v) is 2.45. The van der Waals surface area contributed by atoms with Gasteiger partial charge in [0.2, 0.25) is 0 Å². The summed E-state index contributed by atoms with van der Waals surface area (Å²) in [6.07, 6.45) is 2.30. The lowest BCUT2D eigenvalue weighted by Gasteiger charge is -2.00. The molecular formula is C11H14N4O2. The zero-order valence-electron chi connectivity index (χ0n) is 9.63. The highest BCUT2D eigenvalue weighted by Gasteiger charge is 2.09. The summed E-state index contributed by atoms with van der Waals surface area (Å²) in [5.74, 6) is -0.244. The van der Waals surface area contributed by atoms with Crippen molar-refractivity contribution in [1.29, 1.82) is 0 Å². The third kappa shape index (κ3) is 2.58. The van der Waals surface area contributed by atoms with Gasteiger partial charge in [0.25, 0.3) is 0 Å². The van der Waals surface area contributed by atoms with Crippen LogP contribution in [0.25, 0.3) is 5.65 Å². The first-order valence-corrected chi connectivity index (χ1v) is 5.62. The van der Waals surface area contributed by atoms with Crippen LogP contribution in [-0.4, -0.2) is 30.9 Å². The van der Waals surface area contributed by atoms with E-state index >= 15 is 0 Å². The quantitative estimate of drug-likeness (QED) is 0.837. The number of carbonyl (C=O) groups is 1. The molecule has 0 amide bonds. The van der Waals surface area contributed by atoms with Crippen LogP contribution in [0, 0.1) is 0 Å². The normalized spacial score (nSPS) is 10.9. The molecule has 2 rings (SSSR count). The third-order valence-electron chi connectivity index (χ3n) is 2.45. The fourth-order valence-electron chi connectivity index (χ4n) is 1.64. The first-order chi connectivity index (χ1) is 8.20. The number of aryl methyl sites for hydroxylation is 2. The van der Waals surface area contributed by atoms with Crippen LogP contribution in [0.2, 0.25) is 0 Å². The summed E-state index contributed by atoms with van der Waals surface area (Å²) in [6, 6.07) is 3.78. The van der Waals surface area contributed by atoms with E-state index in [0.717, 1.165) is 18.5 Å². The number of hydrogen-bond acceptors (Lipinski definition) is 4. The molecule has 0 aliphatic rings. The van der Waals surface area contributed by atoms with E-state index in [4.69, 9.17) is 5.11 Å². The lowest BCUT2D eigenvalue weighted by atomic mass is 10.2. The number of rotatable bonds is 5. The van der Waals surface area contributed by atoms with Crippen molar-refractivity contribution in [3.8, 4) is 0 Å². The summed E-state index contributed by atoms with van der Waals surface area (Å²) in [7, 11) is 0. The van der Waals surface area contributed by atoms with Gasteiger partial charge in [-0.3, -0.25) is 4.79 Å². The highest BCUT2D eigenvalue weighted by molar-refractivity contribution is 5.66. The van der Waals surface area contributed by atoms with Crippen LogP contribution in [0.5, 0.6) is 0 Å². The number of aromatic nitrogens is 4. The van der Waals surface area contributed by atoms with Crippen LogP contribution in [0.4, 0.5) is 0 Å². The molecule has 6 heteroatoms. The largest absolute Gasteiger partial charge is 0.481 e. The molecule has 0 aliphatic carbocycles. The minimum atomic E-state index is -0.841. The van der Waals surface area contributed by atoms with E-state index in [1.807, 2.05) is 12.1 Å². The fraction of sp³-hybridized carbons (Fsp3) is 0.455. The summed E-state index contributed by atoms with van der Waals surface area (Å²) >= 11 is 0. The van der Waals surface area contributed by atoms with E-state index in [1.54, 1.807) is 4.52 Å². The van der Waals surface area contributed by atoms with Gasteiger partial charge in [-0.2, -0.15) is 9.61 Å². The lowest BCUT2D eigenvalue weighted by molar-refractivity contribution is -0.137. The van der Waals surface area contributed by atoms with Gasteiger partial charge in [-0.05, 0) is 18.6 Å². The molecule has 6 nitrogen and oxygen atoms in total. The van der Waals surface area contributed by atoms with Crippen LogP contribution in [0.1, 0.15) is 31.3 Å². The van der Waals surface area contributed by atoms with Crippen molar-refractivity contribution in [1.82, 2.24) is 19.8 Å². The summed E-state index contributed by atoms with van der Waals surface area (Å²) in [6.45, 7) is 2.09. The molecule has 0 spiro atoms. The Balaban J connectivity index is 2.29. The van der Waals surface area contributed by atoms with Crippen LogP contribution in [-0.2, 0) is 17.6 Å². The van der Waals surface area contributed by atoms with Crippen molar-refractivity contribution in [3.05, 3.63) is 23.7 Å². The van der Waals surface area contributed by atoms with Gasteiger partial charge in [0.05, 0.1) is 12.1 Å². The second kappa shape index (κ2) is 4.90. The van der Waals surface area contributed by atoms with Crippen LogP contribution in [0.3, 0.4) is 0 Å². The van der Waals surface area contributed by atoms with Crippen molar-refractivity contribution >= 4 is 11.6 Å². The van der Waals surface area contributed by atoms with E-state index in [-0.39, 0.29) is 6.42 Å². The fourth-order valence-corrected chi connectivity index (χ4v) is 1.64. The molecule has 0 saturated heterocycles. The van der Waals surface area contributed by atoms with Crippen molar-refractivity contribution in [3.63, 3.8) is 0 Å². The Morgan fingerprint density at radius 1 is 1.35 bits per heavy atom. The van der Waals surface area contributed by atoms with Gasteiger partial charge in [-0.25, -0.2) is 0 Å². The molecule has 0 atom stereocenters. The number of carboxylic acid groups (broad SMARTS) is 1. The summed E-state index contributed by atoms with van der Waals surface area (Å²) in [5, 5.41) is 21.0. The van der Waals surface area contributed by atoms with Crippen molar-refractivity contribution in [2.24, 2.45) is 0 Å². The molecule has 2 aromatic rings. The zero-order chi connectivity index (χ0) is 12.3. The molecular weight excluding hydrogens is 220 g/mol. The van der Waals surface area contributed by atoms with E-state index < -0.39 is 5.97 Å². The Kier molecular flexibility index (Phi) is 3.32. The Morgan fingerprint density at radius 2 is 2.18 bits per heavy atom. The van der Waals surface area contributed by atoms with Crippen LogP contribution >= 0.6 is 0 Å². The number of hydrogen-bond donors (Lipinski definition) is 1.